The first kappa shape index (κ1) is 16.0. The Kier molecular flexibility index (Phi) is 4.40. The average molecular weight is 337 g/mol. The molecule has 126 valence electrons. The first-order chi connectivity index (χ1) is 12.8. The minimum Gasteiger partial charge on any atom is -0.507 e. The highest BCUT2D eigenvalue weighted by Gasteiger charge is 2.08. The molecular formula is C24H19NO. The molecule has 4 rings (SSSR count). The second kappa shape index (κ2) is 7.16. The minimum absolute atomic E-state index is 0.279. The van der Waals surface area contributed by atoms with Crippen molar-refractivity contribution in [2.24, 2.45) is 0 Å². The highest BCUT2D eigenvalue weighted by atomic mass is 16.3. The largest absolute Gasteiger partial charge is 0.507 e. The lowest BCUT2D eigenvalue weighted by Crippen LogP contribution is -1.93. The molecule has 0 amide bonds. The second-order valence-corrected chi connectivity index (χ2v) is 6.13. The Balaban J connectivity index is 1.63. The summed E-state index contributed by atoms with van der Waals surface area (Å²) in [4.78, 5) is 0. The van der Waals surface area contributed by atoms with Crippen LogP contribution in [0.25, 0.3) is 22.3 Å². The van der Waals surface area contributed by atoms with Crippen LogP contribution in [0.15, 0.2) is 103 Å². The van der Waals surface area contributed by atoms with Gasteiger partial charge in [0.25, 0.3) is 0 Å². The summed E-state index contributed by atoms with van der Waals surface area (Å²) in [6.45, 7) is 0. The molecule has 0 bridgehead atoms. The monoisotopic (exact) mass is 337 g/mol. The zero-order valence-corrected chi connectivity index (χ0v) is 14.3. The van der Waals surface area contributed by atoms with Crippen molar-refractivity contribution in [1.82, 2.24) is 0 Å². The molecule has 2 N–H and O–H groups in total. The molecule has 0 radical (unpaired) electrons. The van der Waals surface area contributed by atoms with Gasteiger partial charge in [0.2, 0.25) is 0 Å². The summed E-state index contributed by atoms with van der Waals surface area (Å²) in [5.74, 6) is 0.279. The summed E-state index contributed by atoms with van der Waals surface area (Å²) in [5, 5.41) is 13.7. The van der Waals surface area contributed by atoms with E-state index in [-0.39, 0.29) is 5.75 Å². The first-order valence-corrected chi connectivity index (χ1v) is 8.61. The first-order valence-electron chi connectivity index (χ1n) is 8.61. The highest BCUT2D eigenvalue weighted by molar-refractivity contribution is 5.84. The van der Waals surface area contributed by atoms with Crippen LogP contribution in [0.3, 0.4) is 0 Å². The fourth-order valence-electron chi connectivity index (χ4n) is 3.06. The van der Waals surface area contributed by atoms with Crippen LogP contribution >= 0.6 is 0 Å². The van der Waals surface area contributed by atoms with Gasteiger partial charge in [-0.25, -0.2) is 0 Å². The van der Waals surface area contributed by atoms with E-state index in [0.29, 0.717) is 0 Å². The molecule has 0 saturated carbocycles. The van der Waals surface area contributed by atoms with Gasteiger partial charge in [0.15, 0.2) is 0 Å². The van der Waals surface area contributed by atoms with Crippen molar-refractivity contribution in [2.75, 3.05) is 5.32 Å². The summed E-state index contributed by atoms with van der Waals surface area (Å²) in [5.41, 5.74) is 6.14. The van der Waals surface area contributed by atoms with Gasteiger partial charge in [0, 0.05) is 22.5 Å². The van der Waals surface area contributed by atoms with Crippen LogP contribution in [-0.2, 0) is 0 Å². The predicted octanol–water partition coefficient (Wildman–Crippen LogP) is 6.47. The Morgan fingerprint density at radius 1 is 0.500 bits per heavy atom. The zero-order chi connectivity index (χ0) is 17.8. The molecule has 4 aromatic rings. The maximum atomic E-state index is 10.2. The van der Waals surface area contributed by atoms with Crippen molar-refractivity contribution in [2.45, 2.75) is 0 Å². The van der Waals surface area contributed by atoms with E-state index in [1.54, 1.807) is 6.07 Å². The summed E-state index contributed by atoms with van der Waals surface area (Å²) in [6, 6.07) is 34.1. The number of anilines is 2. The number of phenols is 1. The van der Waals surface area contributed by atoms with E-state index in [1.165, 1.54) is 11.1 Å². The molecule has 26 heavy (non-hydrogen) atoms. The van der Waals surface area contributed by atoms with Crippen LogP contribution in [0.2, 0.25) is 0 Å². The quantitative estimate of drug-likeness (QED) is 0.447. The molecule has 2 heteroatoms. The van der Waals surface area contributed by atoms with Crippen molar-refractivity contribution in [3.8, 4) is 28.0 Å². The number of hydrogen-bond acceptors (Lipinski definition) is 2. The predicted molar refractivity (Wildman–Crippen MR) is 109 cm³/mol. The van der Waals surface area contributed by atoms with E-state index < -0.39 is 0 Å². The summed E-state index contributed by atoms with van der Waals surface area (Å²) < 4.78 is 0. The fraction of sp³-hybridized carbons (Fsp3) is 0. The van der Waals surface area contributed by atoms with Gasteiger partial charge in [-0.3, -0.25) is 0 Å². The fourth-order valence-corrected chi connectivity index (χ4v) is 3.06. The molecular weight excluding hydrogens is 318 g/mol. The maximum absolute atomic E-state index is 10.2. The molecule has 0 unspecified atom stereocenters. The lowest BCUT2D eigenvalue weighted by atomic mass is 10.0. The average Bonchev–Trinajstić information content (AvgIpc) is 2.70. The normalized spacial score (nSPS) is 10.5. The third-order valence-corrected chi connectivity index (χ3v) is 4.39. The van der Waals surface area contributed by atoms with Crippen molar-refractivity contribution in [3.63, 3.8) is 0 Å². The third-order valence-electron chi connectivity index (χ3n) is 4.39. The van der Waals surface area contributed by atoms with Crippen molar-refractivity contribution >= 4 is 11.4 Å². The van der Waals surface area contributed by atoms with E-state index in [4.69, 9.17) is 0 Å². The number of phenolic OH excluding ortho intramolecular Hbond substituents is 1. The van der Waals surface area contributed by atoms with Gasteiger partial charge in [-0.2, -0.15) is 0 Å². The summed E-state index contributed by atoms with van der Waals surface area (Å²) >= 11 is 0. The van der Waals surface area contributed by atoms with E-state index in [0.717, 1.165) is 22.5 Å². The lowest BCUT2D eigenvalue weighted by molar-refractivity contribution is 0.477. The Labute approximate surface area is 153 Å². The third kappa shape index (κ3) is 3.31. The van der Waals surface area contributed by atoms with Crippen molar-refractivity contribution < 1.29 is 5.11 Å². The van der Waals surface area contributed by atoms with Gasteiger partial charge in [-0.15, -0.1) is 0 Å². The van der Waals surface area contributed by atoms with E-state index in [2.05, 4.69) is 41.7 Å². The van der Waals surface area contributed by atoms with E-state index in [1.807, 2.05) is 60.7 Å². The molecule has 0 aromatic heterocycles. The maximum Gasteiger partial charge on any atom is 0.123 e. The van der Waals surface area contributed by atoms with Gasteiger partial charge >= 0.3 is 0 Å². The molecule has 0 atom stereocenters. The molecule has 2 nitrogen and oxygen atoms in total. The van der Waals surface area contributed by atoms with Gasteiger partial charge < -0.3 is 10.4 Å². The van der Waals surface area contributed by atoms with Crippen LogP contribution in [0.1, 0.15) is 0 Å². The molecule has 0 aliphatic heterocycles. The smallest absolute Gasteiger partial charge is 0.123 e. The Bertz CT molecular complexity index is 1010. The van der Waals surface area contributed by atoms with Crippen LogP contribution < -0.4 is 5.32 Å². The number of benzene rings is 4. The van der Waals surface area contributed by atoms with Crippen molar-refractivity contribution in [1.29, 1.82) is 0 Å². The van der Waals surface area contributed by atoms with Crippen LogP contribution in [0.5, 0.6) is 5.75 Å². The number of rotatable bonds is 4. The van der Waals surface area contributed by atoms with E-state index >= 15 is 0 Å². The number of hydrogen-bond donors (Lipinski definition) is 2. The minimum atomic E-state index is 0.279. The number of para-hydroxylation sites is 2. The second-order valence-electron chi connectivity index (χ2n) is 6.13. The van der Waals surface area contributed by atoms with Crippen LogP contribution in [0.4, 0.5) is 11.4 Å². The topological polar surface area (TPSA) is 32.3 Å². The van der Waals surface area contributed by atoms with Crippen molar-refractivity contribution in [3.05, 3.63) is 103 Å². The van der Waals surface area contributed by atoms with Gasteiger partial charge in [-0.05, 0) is 35.4 Å². The SMILES string of the molecule is Oc1ccccc1-c1ccccc1Nc1ccc(-c2ccccc2)cc1. The highest BCUT2D eigenvalue weighted by Crippen LogP contribution is 2.35. The number of nitrogens with one attached hydrogen (secondary N) is 1. The molecule has 0 aliphatic rings. The Morgan fingerprint density at radius 3 is 1.81 bits per heavy atom. The lowest BCUT2D eigenvalue weighted by Gasteiger charge is -2.14. The van der Waals surface area contributed by atoms with Crippen LogP contribution in [0, 0.1) is 0 Å². The summed E-state index contributed by atoms with van der Waals surface area (Å²) in [6.07, 6.45) is 0. The van der Waals surface area contributed by atoms with Crippen LogP contribution in [-0.4, -0.2) is 5.11 Å². The molecule has 0 saturated heterocycles. The molecule has 0 aliphatic carbocycles. The standard InChI is InChI=1S/C24H19NO/c26-24-13-7-5-11-22(24)21-10-4-6-12-23(21)25-20-16-14-19(15-17-20)18-8-2-1-3-9-18/h1-17,25-26H. The molecule has 4 aromatic carbocycles. The Hall–Kier alpha value is -3.52. The zero-order valence-electron chi connectivity index (χ0n) is 14.3. The number of aromatic hydroxyl groups is 1. The van der Waals surface area contributed by atoms with Gasteiger partial charge in [-0.1, -0.05) is 78.9 Å². The van der Waals surface area contributed by atoms with Gasteiger partial charge in [0.1, 0.15) is 5.75 Å². The van der Waals surface area contributed by atoms with E-state index in [9.17, 15) is 5.11 Å². The molecule has 0 fully saturated rings. The van der Waals surface area contributed by atoms with Gasteiger partial charge in [0.05, 0.1) is 0 Å². The Morgan fingerprint density at radius 2 is 1.08 bits per heavy atom. The molecule has 0 heterocycles. The summed E-state index contributed by atoms with van der Waals surface area (Å²) in [7, 11) is 0. The molecule has 0 spiro atoms.